The van der Waals surface area contributed by atoms with Gasteiger partial charge in [-0.1, -0.05) is 31.9 Å². The molecule has 5 heteroatoms. The molecule has 114 valence electrons. The molecule has 3 rings (SSSR count). The number of alkyl halides is 3. The Morgan fingerprint density at radius 3 is 2.76 bits per heavy atom. The average Bonchev–Trinajstić information content (AvgIpc) is 2.82. The van der Waals surface area contributed by atoms with Gasteiger partial charge in [0.05, 0.1) is 5.52 Å². The van der Waals surface area contributed by atoms with Gasteiger partial charge < -0.3 is 9.72 Å². The molecule has 0 spiro atoms. The molecule has 0 bridgehead atoms. The van der Waals surface area contributed by atoms with E-state index in [9.17, 15) is 13.2 Å². The zero-order chi connectivity index (χ0) is 15.0. The summed E-state index contributed by atoms with van der Waals surface area (Å²) >= 11 is 0. The van der Waals surface area contributed by atoms with Gasteiger partial charge in [-0.25, -0.2) is 0 Å². The molecule has 0 amide bonds. The predicted octanol–water partition coefficient (Wildman–Crippen LogP) is 5.36. The number of ether oxygens (including phenoxy) is 1. The van der Waals surface area contributed by atoms with Gasteiger partial charge >= 0.3 is 6.36 Å². The van der Waals surface area contributed by atoms with Gasteiger partial charge in [0, 0.05) is 11.6 Å². The number of nitrogens with one attached hydrogen (secondary N) is 1. The first-order chi connectivity index (χ1) is 9.94. The van der Waals surface area contributed by atoms with Crippen molar-refractivity contribution in [2.45, 2.75) is 44.9 Å². The van der Waals surface area contributed by atoms with Crippen LogP contribution in [0.3, 0.4) is 0 Å². The zero-order valence-corrected chi connectivity index (χ0v) is 11.8. The Morgan fingerprint density at radius 2 is 2.05 bits per heavy atom. The van der Waals surface area contributed by atoms with Crippen LogP contribution < -0.4 is 4.74 Å². The minimum atomic E-state index is -4.67. The average molecular weight is 297 g/mol. The summed E-state index contributed by atoms with van der Waals surface area (Å²) in [6.45, 7) is 2.24. The van der Waals surface area contributed by atoms with Crippen LogP contribution in [0.15, 0.2) is 24.4 Å². The SMILES string of the molecule is CC1CCCC(c2c[nH]c3c(OC(F)(F)F)cccc23)C1. The first kappa shape index (κ1) is 14.3. The van der Waals surface area contributed by atoms with Crippen LogP contribution in [0.5, 0.6) is 5.75 Å². The molecule has 1 fully saturated rings. The van der Waals surface area contributed by atoms with E-state index in [0.717, 1.165) is 23.8 Å². The third-order valence-electron chi connectivity index (χ3n) is 4.31. The van der Waals surface area contributed by atoms with Crippen molar-refractivity contribution < 1.29 is 17.9 Å². The fraction of sp³-hybridized carbons (Fsp3) is 0.500. The maximum Gasteiger partial charge on any atom is 0.573 e. The van der Waals surface area contributed by atoms with Crippen LogP contribution in [-0.4, -0.2) is 11.3 Å². The summed E-state index contributed by atoms with van der Waals surface area (Å²) in [5, 5.41) is 0.843. The molecule has 1 saturated carbocycles. The molecule has 1 N–H and O–H groups in total. The van der Waals surface area contributed by atoms with Crippen LogP contribution in [0.4, 0.5) is 13.2 Å². The van der Waals surface area contributed by atoms with Crippen molar-refractivity contribution in [3.8, 4) is 5.75 Å². The number of benzene rings is 1. The molecule has 2 nitrogen and oxygen atoms in total. The molecule has 1 heterocycles. The highest BCUT2D eigenvalue weighted by molar-refractivity contribution is 5.88. The van der Waals surface area contributed by atoms with Crippen molar-refractivity contribution >= 4 is 10.9 Å². The summed E-state index contributed by atoms with van der Waals surface area (Å²) in [7, 11) is 0. The van der Waals surface area contributed by atoms with Gasteiger partial charge in [0.2, 0.25) is 0 Å². The number of halogens is 3. The summed E-state index contributed by atoms with van der Waals surface area (Å²) < 4.78 is 41.4. The van der Waals surface area contributed by atoms with E-state index < -0.39 is 6.36 Å². The highest BCUT2D eigenvalue weighted by atomic mass is 19.4. The van der Waals surface area contributed by atoms with Crippen molar-refractivity contribution in [1.82, 2.24) is 4.98 Å². The second-order valence-electron chi connectivity index (χ2n) is 5.94. The topological polar surface area (TPSA) is 25.0 Å². The van der Waals surface area contributed by atoms with Crippen LogP contribution in [-0.2, 0) is 0 Å². The maximum absolute atomic E-state index is 12.4. The van der Waals surface area contributed by atoms with Crippen molar-refractivity contribution in [2.24, 2.45) is 5.92 Å². The molecular weight excluding hydrogens is 279 g/mol. The van der Waals surface area contributed by atoms with Crippen LogP contribution >= 0.6 is 0 Å². The van der Waals surface area contributed by atoms with Crippen LogP contribution in [0.2, 0.25) is 0 Å². The van der Waals surface area contributed by atoms with Crippen LogP contribution in [0.1, 0.15) is 44.1 Å². The minimum absolute atomic E-state index is 0.157. The van der Waals surface area contributed by atoms with Crippen LogP contribution in [0.25, 0.3) is 10.9 Å². The molecule has 2 atom stereocenters. The van der Waals surface area contributed by atoms with E-state index in [1.54, 1.807) is 6.07 Å². The highest BCUT2D eigenvalue weighted by Crippen LogP contribution is 2.40. The molecular formula is C16H18F3NO. The number of aromatic amines is 1. The van der Waals surface area contributed by atoms with Crippen molar-refractivity contribution in [3.63, 3.8) is 0 Å². The molecule has 21 heavy (non-hydrogen) atoms. The van der Waals surface area contributed by atoms with Gasteiger partial charge in [0.15, 0.2) is 5.75 Å². The van der Waals surface area contributed by atoms with Gasteiger partial charge in [0.25, 0.3) is 0 Å². The maximum atomic E-state index is 12.4. The monoisotopic (exact) mass is 297 g/mol. The first-order valence-electron chi connectivity index (χ1n) is 7.30. The lowest BCUT2D eigenvalue weighted by Crippen LogP contribution is -2.17. The van der Waals surface area contributed by atoms with Crippen molar-refractivity contribution in [2.75, 3.05) is 0 Å². The predicted molar refractivity (Wildman–Crippen MR) is 75.4 cm³/mol. The minimum Gasteiger partial charge on any atom is -0.404 e. The van der Waals surface area contributed by atoms with E-state index >= 15 is 0 Å². The zero-order valence-electron chi connectivity index (χ0n) is 11.8. The summed E-state index contributed by atoms with van der Waals surface area (Å²) in [5.41, 5.74) is 1.55. The fourth-order valence-corrected chi connectivity index (χ4v) is 3.41. The third-order valence-corrected chi connectivity index (χ3v) is 4.31. The lowest BCUT2D eigenvalue weighted by atomic mass is 9.79. The highest BCUT2D eigenvalue weighted by Gasteiger charge is 2.32. The molecule has 1 aromatic carbocycles. The lowest BCUT2D eigenvalue weighted by molar-refractivity contribution is -0.274. The number of H-pyrrole nitrogens is 1. The number of rotatable bonds is 2. The van der Waals surface area contributed by atoms with E-state index in [2.05, 4.69) is 16.6 Å². The van der Waals surface area contributed by atoms with Gasteiger partial charge in [-0.15, -0.1) is 13.2 Å². The quantitative estimate of drug-likeness (QED) is 0.793. The Bertz CT molecular complexity index is 632. The molecule has 1 aliphatic rings. The lowest BCUT2D eigenvalue weighted by Gasteiger charge is -2.26. The molecule has 0 saturated heterocycles. The van der Waals surface area contributed by atoms with E-state index in [1.165, 1.54) is 18.9 Å². The van der Waals surface area contributed by atoms with E-state index in [1.807, 2.05) is 12.3 Å². The molecule has 1 aliphatic carbocycles. The van der Waals surface area contributed by atoms with E-state index in [4.69, 9.17) is 0 Å². The Labute approximate surface area is 121 Å². The molecule has 0 radical (unpaired) electrons. The number of hydrogen-bond donors (Lipinski definition) is 1. The van der Waals surface area contributed by atoms with Crippen molar-refractivity contribution in [1.29, 1.82) is 0 Å². The second kappa shape index (κ2) is 5.28. The Balaban J connectivity index is 1.97. The van der Waals surface area contributed by atoms with Gasteiger partial charge in [-0.2, -0.15) is 0 Å². The summed E-state index contributed by atoms with van der Waals surface area (Å²) in [5.74, 6) is 0.932. The second-order valence-corrected chi connectivity index (χ2v) is 5.94. The Hall–Kier alpha value is -1.65. The number of aromatic nitrogens is 1. The van der Waals surface area contributed by atoms with Gasteiger partial charge in [-0.3, -0.25) is 0 Å². The number of hydrogen-bond acceptors (Lipinski definition) is 1. The molecule has 2 unspecified atom stereocenters. The summed E-state index contributed by atoms with van der Waals surface area (Å²) in [6.07, 6.45) is 1.78. The largest absolute Gasteiger partial charge is 0.573 e. The Morgan fingerprint density at radius 1 is 1.24 bits per heavy atom. The third kappa shape index (κ3) is 3.01. The van der Waals surface area contributed by atoms with Gasteiger partial charge in [0.1, 0.15) is 0 Å². The van der Waals surface area contributed by atoms with Crippen molar-refractivity contribution in [3.05, 3.63) is 30.0 Å². The number of fused-ring (bicyclic) bond motifs is 1. The van der Waals surface area contributed by atoms with E-state index in [0.29, 0.717) is 17.4 Å². The molecule has 0 aliphatic heterocycles. The van der Waals surface area contributed by atoms with Crippen LogP contribution in [0, 0.1) is 5.92 Å². The molecule has 1 aromatic heterocycles. The summed E-state index contributed by atoms with van der Waals surface area (Å²) in [6, 6.07) is 4.83. The van der Waals surface area contributed by atoms with Gasteiger partial charge in [-0.05, 0) is 36.3 Å². The Kier molecular flexibility index (Phi) is 3.59. The normalized spacial score (nSPS) is 23.4. The smallest absolute Gasteiger partial charge is 0.404 e. The first-order valence-corrected chi connectivity index (χ1v) is 7.30. The standard InChI is InChI=1S/C16H18F3NO/c1-10-4-2-5-11(8-10)13-9-20-15-12(13)6-3-7-14(15)21-16(17,18)19/h3,6-7,9-11,20H,2,4-5,8H2,1H3. The van der Waals surface area contributed by atoms with E-state index in [-0.39, 0.29) is 5.75 Å². The fourth-order valence-electron chi connectivity index (χ4n) is 3.41. The summed E-state index contributed by atoms with van der Waals surface area (Å²) in [4.78, 5) is 2.97. The number of para-hydroxylation sites is 1. The molecule has 2 aromatic rings.